The average Bonchev–Trinajstić information content (AvgIpc) is 2.97. The highest BCUT2D eigenvalue weighted by atomic mass is 16.5. The average molecular weight is 318 g/mol. The van der Waals surface area contributed by atoms with E-state index in [1.807, 2.05) is 13.8 Å². The molecule has 1 aliphatic heterocycles. The third-order valence-electron chi connectivity index (χ3n) is 4.14. The minimum Gasteiger partial charge on any atom is -0.385 e. The molecule has 0 radical (unpaired) electrons. The number of aromatic nitrogens is 3. The predicted octanol–water partition coefficient (Wildman–Crippen LogP) is 1.33. The van der Waals surface area contributed by atoms with Crippen LogP contribution in [0.5, 0.6) is 0 Å². The molecule has 1 aliphatic rings. The van der Waals surface area contributed by atoms with Gasteiger partial charge in [0, 0.05) is 25.5 Å². The lowest BCUT2D eigenvalue weighted by molar-refractivity contribution is 0.0696. The van der Waals surface area contributed by atoms with Gasteiger partial charge in [0.2, 0.25) is 0 Å². The summed E-state index contributed by atoms with van der Waals surface area (Å²) in [5.74, 6) is 0.343. The Morgan fingerprint density at radius 3 is 2.78 bits per heavy atom. The van der Waals surface area contributed by atoms with Crippen LogP contribution < -0.4 is 5.32 Å². The summed E-state index contributed by atoms with van der Waals surface area (Å²) in [7, 11) is 0. The molecule has 0 aliphatic carbocycles. The number of amides is 1. The number of ether oxygens (including phenoxy) is 1. The van der Waals surface area contributed by atoms with Gasteiger partial charge in [-0.2, -0.15) is 0 Å². The standard InChI is InChI=1S/C16H22N4O3/c1-10(2)14(21)15-19-18-13-4-3-11(9-20(13)15)16(22)17-12-5-7-23-8-6-12/h3-4,9-10,12,14,21H,5-8H2,1-2H3,(H,17,22). The minimum atomic E-state index is -0.723. The maximum atomic E-state index is 12.4. The van der Waals surface area contributed by atoms with E-state index in [4.69, 9.17) is 4.74 Å². The molecular weight excluding hydrogens is 296 g/mol. The molecule has 1 atom stereocenters. The van der Waals surface area contributed by atoms with Crippen molar-refractivity contribution in [2.75, 3.05) is 13.2 Å². The van der Waals surface area contributed by atoms with Gasteiger partial charge in [0.1, 0.15) is 6.10 Å². The Labute approximate surface area is 134 Å². The molecule has 2 aromatic rings. The molecule has 0 saturated carbocycles. The fourth-order valence-corrected chi connectivity index (χ4v) is 2.65. The van der Waals surface area contributed by atoms with Gasteiger partial charge in [0.15, 0.2) is 11.5 Å². The summed E-state index contributed by atoms with van der Waals surface area (Å²) in [5.41, 5.74) is 1.14. The number of aliphatic hydroxyl groups excluding tert-OH is 1. The fraction of sp³-hybridized carbons (Fsp3) is 0.562. The molecule has 2 N–H and O–H groups in total. The SMILES string of the molecule is CC(C)C(O)c1nnc2ccc(C(=O)NC3CCOCC3)cn12. The van der Waals surface area contributed by atoms with Crippen molar-refractivity contribution in [2.45, 2.75) is 38.8 Å². The van der Waals surface area contributed by atoms with E-state index in [0.717, 1.165) is 12.8 Å². The second-order valence-corrected chi connectivity index (χ2v) is 6.25. The predicted molar refractivity (Wildman–Crippen MR) is 84.1 cm³/mol. The van der Waals surface area contributed by atoms with Crippen LogP contribution in [0.4, 0.5) is 0 Å². The topological polar surface area (TPSA) is 88.8 Å². The highest BCUT2D eigenvalue weighted by Crippen LogP contribution is 2.20. The number of nitrogens with one attached hydrogen (secondary N) is 1. The second-order valence-electron chi connectivity index (χ2n) is 6.25. The molecule has 3 heterocycles. The number of fused-ring (bicyclic) bond motifs is 1. The number of hydrogen-bond acceptors (Lipinski definition) is 5. The maximum absolute atomic E-state index is 12.4. The zero-order valence-corrected chi connectivity index (χ0v) is 13.4. The van der Waals surface area contributed by atoms with Gasteiger partial charge >= 0.3 is 0 Å². The second kappa shape index (κ2) is 6.64. The summed E-state index contributed by atoms with van der Waals surface area (Å²) in [6.45, 7) is 5.18. The molecule has 1 fully saturated rings. The number of carbonyl (C=O) groups excluding carboxylic acids is 1. The Hall–Kier alpha value is -1.99. The Bertz CT molecular complexity index is 692. The first-order valence-electron chi connectivity index (χ1n) is 7.97. The molecular formula is C16H22N4O3. The monoisotopic (exact) mass is 318 g/mol. The van der Waals surface area contributed by atoms with Gasteiger partial charge in [-0.15, -0.1) is 10.2 Å². The van der Waals surface area contributed by atoms with Crippen molar-refractivity contribution in [1.29, 1.82) is 0 Å². The van der Waals surface area contributed by atoms with Crippen molar-refractivity contribution in [3.05, 3.63) is 29.7 Å². The number of aliphatic hydroxyl groups is 1. The van der Waals surface area contributed by atoms with Crippen molar-refractivity contribution in [3.8, 4) is 0 Å². The summed E-state index contributed by atoms with van der Waals surface area (Å²) in [4.78, 5) is 12.4. The Morgan fingerprint density at radius 2 is 2.09 bits per heavy atom. The zero-order valence-electron chi connectivity index (χ0n) is 13.4. The molecule has 1 saturated heterocycles. The first kappa shape index (κ1) is 15.9. The van der Waals surface area contributed by atoms with Crippen LogP contribution in [-0.2, 0) is 4.74 Å². The molecule has 0 spiro atoms. The first-order valence-corrected chi connectivity index (χ1v) is 7.97. The highest BCUT2D eigenvalue weighted by Gasteiger charge is 2.21. The molecule has 2 aromatic heterocycles. The van der Waals surface area contributed by atoms with Gasteiger partial charge in [-0.25, -0.2) is 0 Å². The van der Waals surface area contributed by atoms with Crippen molar-refractivity contribution >= 4 is 11.6 Å². The van der Waals surface area contributed by atoms with E-state index in [1.165, 1.54) is 0 Å². The van der Waals surface area contributed by atoms with Gasteiger partial charge in [0.25, 0.3) is 5.91 Å². The molecule has 23 heavy (non-hydrogen) atoms. The smallest absolute Gasteiger partial charge is 0.253 e. The molecule has 7 heteroatoms. The molecule has 1 unspecified atom stereocenters. The molecule has 1 amide bonds. The van der Waals surface area contributed by atoms with Crippen molar-refractivity contribution < 1.29 is 14.6 Å². The van der Waals surface area contributed by atoms with E-state index in [2.05, 4.69) is 15.5 Å². The first-order chi connectivity index (χ1) is 11.1. The Kier molecular flexibility index (Phi) is 4.58. The lowest BCUT2D eigenvalue weighted by atomic mass is 10.1. The van der Waals surface area contributed by atoms with E-state index < -0.39 is 6.10 Å². The van der Waals surface area contributed by atoms with Crippen molar-refractivity contribution in [3.63, 3.8) is 0 Å². The molecule has 7 nitrogen and oxygen atoms in total. The van der Waals surface area contributed by atoms with Crippen molar-refractivity contribution in [1.82, 2.24) is 19.9 Å². The maximum Gasteiger partial charge on any atom is 0.253 e. The van der Waals surface area contributed by atoms with Crippen molar-refractivity contribution in [2.24, 2.45) is 5.92 Å². The van der Waals surface area contributed by atoms with Crippen LogP contribution in [0.3, 0.4) is 0 Å². The summed E-state index contributed by atoms with van der Waals surface area (Å²) in [5, 5.41) is 21.4. The van der Waals surface area contributed by atoms with Crippen LogP contribution in [-0.4, -0.2) is 44.9 Å². The number of pyridine rings is 1. The van der Waals surface area contributed by atoms with Gasteiger partial charge in [-0.3, -0.25) is 9.20 Å². The molecule has 3 rings (SSSR count). The number of hydrogen-bond donors (Lipinski definition) is 2. The highest BCUT2D eigenvalue weighted by molar-refractivity contribution is 5.94. The van der Waals surface area contributed by atoms with Gasteiger partial charge in [0.05, 0.1) is 5.56 Å². The lowest BCUT2D eigenvalue weighted by Gasteiger charge is -2.23. The summed E-state index contributed by atoms with van der Waals surface area (Å²) in [6, 6.07) is 3.61. The third-order valence-corrected chi connectivity index (χ3v) is 4.14. The van der Waals surface area contributed by atoms with Crippen LogP contribution in [0, 0.1) is 5.92 Å². The van der Waals surface area contributed by atoms with Crippen LogP contribution in [0.2, 0.25) is 0 Å². The normalized spacial score (nSPS) is 17.6. The summed E-state index contributed by atoms with van der Waals surface area (Å²) < 4.78 is 6.98. The van der Waals surface area contributed by atoms with E-state index in [1.54, 1.807) is 22.7 Å². The molecule has 124 valence electrons. The largest absolute Gasteiger partial charge is 0.385 e. The third kappa shape index (κ3) is 3.35. The van der Waals surface area contributed by atoms with Crippen LogP contribution in [0.1, 0.15) is 49.0 Å². The van der Waals surface area contributed by atoms with Gasteiger partial charge < -0.3 is 15.2 Å². The minimum absolute atomic E-state index is 0.0159. The number of rotatable bonds is 4. The quantitative estimate of drug-likeness (QED) is 0.888. The zero-order chi connectivity index (χ0) is 16.4. The van der Waals surface area contributed by atoms with E-state index >= 15 is 0 Å². The summed E-state index contributed by atoms with van der Waals surface area (Å²) >= 11 is 0. The van der Waals surface area contributed by atoms with E-state index in [-0.39, 0.29) is 17.9 Å². The van der Waals surface area contributed by atoms with E-state index in [9.17, 15) is 9.90 Å². The Balaban J connectivity index is 1.83. The molecule has 0 aromatic carbocycles. The van der Waals surface area contributed by atoms with Crippen LogP contribution in [0.15, 0.2) is 18.3 Å². The van der Waals surface area contributed by atoms with Crippen LogP contribution in [0.25, 0.3) is 5.65 Å². The lowest BCUT2D eigenvalue weighted by Crippen LogP contribution is -2.38. The molecule has 0 bridgehead atoms. The summed E-state index contributed by atoms with van der Waals surface area (Å²) in [6.07, 6.45) is 2.62. The fourth-order valence-electron chi connectivity index (χ4n) is 2.65. The number of carbonyl (C=O) groups is 1. The Morgan fingerprint density at radius 1 is 1.35 bits per heavy atom. The van der Waals surface area contributed by atoms with Gasteiger partial charge in [-0.05, 0) is 30.9 Å². The van der Waals surface area contributed by atoms with Crippen LogP contribution >= 0.6 is 0 Å². The van der Waals surface area contributed by atoms with E-state index in [0.29, 0.717) is 30.2 Å². The number of nitrogens with zero attached hydrogens (tertiary/aromatic N) is 3. The van der Waals surface area contributed by atoms with Gasteiger partial charge in [-0.1, -0.05) is 13.8 Å².